The molecule has 7 heteroatoms. The predicted octanol–water partition coefficient (Wildman–Crippen LogP) is 0.243. The molecule has 0 bridgehead atoms. The van der Waals surface area contributed by atoms with Gasteiger partial charge in [0.1, 0.15) is 18.9 Å². The third-order valence-electron chi connectivity index (χ3n) is 2.34. The zero-order valence-electron chi connectivity index (χ0n) is 11.1. The summed E-state index contributed by atoms with van der Waals surface area (Å²) in [5.74, 6) is -0.144. The third-order valence-corrected chi connectivity index (χ3v) is 2.34. The number of anilines is 1. The lowest BCUT2D eigenvalue weighted by atomic mass is 10.4. The van der Waals surface area contributed by atoms with Crippen molar-refractivity contribution in [1.82, 2.24) is 4.98 Å². The lowest BCUT2D eigenvalue weighted by Crippen LogP contribution is -2.36. The van der Waals surface area contributed by atoms with Crippen LogP contribution in [0.1, 0.15) is 0 Å². The van der Waals surface area contributed by atoms with E-state index in [-0.39, 0.29) is 13.1 Å². The van der Waals surface area contributed by atoms with Gasteiger partial charge in [-0.1, -0.05) is 6.07 Å². The van der Waals surface area contributed by atoms with Crippen molar-refractivity contribution in [2.24, 2.45) is 0 Å². The van der Waals surface area contributed by atoms with E-state index in [1.807, 2.05) is 0 Å². The minimum atomic E-state index is -0.478. The lowest BCUT2D eigenvalue weighted by molar-refractivity contribution is -0.140. The van der Waals surface area contributed by atoms with E-state index in [1.54, 1.807) is 18.2 Å². The molecule has 7 nitrogen and oxygen atoms in total. The van der Waals surface area contributed by atoms with Crippen LogP contribution in [-0.4, -0.2) is 51.3 Å². The first-order chi connectivity index (χ1) is 9.10. The minimum absolute atomic E-state index is 0.105. The summed E-state index contributed by atoms with van der Waals surface area (Å²) in [7, 11) is 4.03. The maximum atomic E-state index is 11.3. The van der Waals surface area contributed by atoms with Gasteiger partial charge in [-0.2, -0.15) is 4.98 Å². The van der Waals surface area contributed by atoms with Crippen molar-refractivity contribution in [3.05, 3.63) is 18.2 Å². The number of carbonyl (C=O) groups is 2. The first-order valence-corrected chi connectivity index (χ1v) is 5.50. The van der Waals surface area contributed by atoms with E-state index in [2.05, 4.69) is 14.5 Å². The van der Waals surface area contributed by atoms with Crippen LogP contribution in [0.4, 0.5) is 5.82 Å². The summed E-state index contributed by atoms with van der Waals surface area (Å²) in [5, 5.41) is 0. The monoisotopic (exact) mass is 268 g/mol. The fraction of sp³-hybridized carbons (Fsp3) is 0.417. The smallest absolute Gasteiger partial charge is 0.325 e. The average molecular weight is 268 g/mol. The van der Waals surface area contributed by atoms with Crippen molar-refractivity contribution in [1.29, 1.82) is 0 Å². The molecule has 0 radical (unpaired) electrons. The van der Waals surface area contributed by atoms with E-state index in [0.29, 0.717) is 11.7 Å². The molecule has 19 heavy (non-hydrogen) atoms. The van der Waals surface area contributed by atoms with Crippen LogP contribution < -0.4 is 9.64 Å². The molecule has 0 aliphatic rings. The molecule has 1 heterocycles. The zero-order valence-corrected chi connectivity index (χ0v) is 11.1. The van der Waals surface area contributed by atoms with Crippen LogP contribution >= 0.6 is 0 Å². The molecule has 0 saturated carbocycles. The summed E-state index contributed by atoms with van der Waals surface area (Å²) < 4.78 is 14.2. The van der Waals surface area contributed by atoms with E-state index in [0.717, 1.165) is 0 Å². The first-order valence-electron chi connectivity index (χ1n) is 5.50. The van der Waals surface area contributed by atoms with Gasteiger partial charge >= 0.3 is 11.9 Å². The van der Waals surface area contributed by atoms with Gasteiger partial charge in [0.2, 0.25) is 5.88 Å². The second kappa shape index (κ2) is 7.20. The molecule has 0 amide bonds. The Labute approximate surface area is 111 Å². The van der Waals surface area contributed by atoms with Gasteiger partial charge in [0.05, 0.1) is 21.3 Å². The van der Waals surface area contributed by atoms with Gasteiger partial charge in [-0.25, -0.2) is 0 Å². The highest BCUT2D eigenvalue weighted by atomic mass is 16.5. The summed E-state index contributed by atoms with van der Waals surface area (Å²) >= 11 is 0. The summed E-state index contributed by atoms with van der Waals surface area (Å²) in [6, 6.07) is 5.04. The highest BCUT2D eigenvalue weighted by Crippen LogP contribution is 2.15. The SMILES string of the molecule is COC(=O)CN(CC(=O)OC)c1cccc(OC)n1. The molecule has 0 saturated heterocycles. The van der Waals surface area contributed by atoms with Crippen molar-refractivity contribution in [3.63, 3.8) is 0 Å². The number of nitrogens with zero attached hydrogens (tertiary/aromatic N) is 2. The molecule has 0 atom stereocenters. The number of methoxy groups -OCH3 is 3. The van der Waals surface area contributed by atoms with Gasteiger partial charge in [-0.3, -0.25) is 9.59 Å². The first kappa shape index (κ1) is 14.7. The van der Waals surface area contributed by atoms with Crippen molar-refractivity contribution in [3.8, 4) is 5.88 Å². The fourth-order valence-corrected chi connectivity index (χ4v) is 1.35. The number of carbonyl (C=O) groups excluding carboxylic acids is 2. The highest BCUT2D eigenvalue weighted by molar-refractivity contribution is 5.80. The second-order valence-corrected chi connectivity index (χ2v) is 3.55. The van der Waals surface area contributed by atoms with Gasteiger partial charge in [-0.15, -0.1) is 0 Å². The topological polar surface area (TPSA) is 78.0 Å². The summed E-state index contributed by atoms with van der Waals surface area (Å²) in [6.07, 6.45) is 0. The zero-order chi connectivity index (χ0) is 14.3. The van der Waals surface area contributed by atoms with Crippen LogP contribution in [0.5, 0.6) is 5.88 Å². The van der Waals surface area contributed by atoms with E-state index in [4.69, 9.17) is 4.74 Å². The molecule has 1 rings (SSSR count). The molecule has 0 unspecified atom stereocenters. The van der Waals surface area contributed by atoms with Crippen LogP contribution in [0, 0.1) is 0 Å². The Morgan fingerprint density at radius 1 is 1.11 bits per heavy atom. The van der Waals surface area contributed by atoms with Gasteiger partial charge in [-0.05, 0) is 6.07 Å². The van der Waals surface area contributed by atoms with Gasteiger partial charge in [0.15, 0.2) is 0 Å². The molecular weight excluding hydrogens is 252 g/mol. The Hall–Kier alpha value is -2.31. The quantitative estimate of drug-likeness (QED) is 0.684. The van der Waals surface area contributed by atoms with Gasteiger partial charge < -0.3 is 19.1 Å². The maximum Gasteiger partial charge on any atom is 0.325 e. The number of pyridine rings is 1. The molecule has 1 aromatic heterocycles. The highest BCUT2D eigenvalue weighted by Gasteiger charge is 2.17. The van der Waals surface area contributed by atoms with Crippen LogP contribution in [0.25, 0.3) is 0 Å². The Bertz CT molecular complexity index is 432. The molecule has 1 aromatic rings. The largest absolute Gasteiger partial charge is 0.481 e. The molecule has 0 aliphatic carbocycles. The van der Waals surface area contributed by atoms with Crippen LogP contribution in [0.2, 0.25) is 0 Å². The average Bonchev–Trinajstić information content (AvgIpc) is 2.46. The van der Waals surface area contributed by atoms with Gasteiger partial charge in [0, 0.05) is 6.07 Å². The third kappa shape index (κ3) is 4.46. The Balaban J connectivity index is 2.92. The molecule has 0 N–H and O–H groups in total. The van der Waals surface area contributed by atoms with Crippen molar-refractivity contribution < 1.29 is 23.8 Å². The lowest BCUT2D eigenvalue weighted by Gasteiger charge is -2.21. The van der Waals surface area contributed by atoms with Crippen LogP contribution in [0.3, 0.4) is 0 Å². The van der Waals surface area contributed by atoms with Crippen molar-refractivity contribution in [2.45, 2.75) is 0 Å². The molecule has 104 valence electrons. The van der Waals surface area contributed by atoms with E-state index in [1.165, 1.54) is 26.2 Å². The van der Waals surface area contributed by atoms with E-state index >= 15 is 0 Å². The standard InChI is InChI=1S/C12H16N2O5/c1-17-10-6-4-5-9(13-10)14(7-11(15)18-2)8-12(16)19-3/h4-6H,7-8H2,1-3H3. The number of esters is 2. The Morgan fingerprint density at radius 3 is 2.16 bits per heavy atom. The number of ether oxygens (including phenoxy) is 3. The summed E-state index contributed by atoms with van der Waals surface area (Å²) in [4.78, 5) is 28.3. The molecule has 0 aromatic carbocycles. The van der Waals surface area contributed by atoms with Gasteiger partial charge in [0.25, 0.3) is 0 Å². The van der Waals surface area contributed by atoms with E-state index in [9.17, 15) is 9.59 Å². The van der Waals surface area contributed by atoms with E-state index < -0.39 is 11.9 Å². The summed E-state index contributed by atoms with van der Waals surface area (Å²) in [6.45, 7) is -0.211. The number of aromatic nitrogens is 1. The second-order valence-electron chi connectivity index (χ2n) is 3.55. The number of rotatable bonds is 6. The number of hydrogen-bond donors (Lipinski definition) is 0. The molecule has 0 spiro atoms. The maximum absolute atomic E-state index is 11.3. The molecule has 0 aliphatic heterocycles. The molecule has 0 fully saturated rings. The van der Waals surface area contributed by atoms with Crippen molar-refractivity contribution >= 4 is 17.8 Å². The Kier molecular flexibility index (Phi) is 5.59. The summed E-state index contributed by atoms with van der Waals surface area (Å²) in [5.41, 5.74) is 0. The fourth-order valence-electron chi connectivity index (χ4n) is 1.35. The number of hydrogen-bond acceptors (Lipinski definition) is 7. The Morgan fingerprint density at radius 2 is 1.68 bits per heavy atom. The normalized spacial score (nSPS) is 9.63. The predicted molar refractivity (Wildman–Crippen MR) is 67.0 cm³/mol. The minimum Gasteiger partial charge on any atom is -0.481 e. The molecular formula is C12H16N2O5. The van der Waals surface area contributed by atoms with Crippen LogP contribution in [-0.2, 0) is 19.1 Å². The van der Waals surface area contributed by atoms with Crippen LogP contribution in [0.15, 0.2) is 18.2 Å². The van der Waals surface area contributed by atoms with Crippen molar-refractivity contribution in [2.75, 3.05) is 39.3 Å².